The van der Waals surface area contributed by atoms with E-state index < -0.39 is 17.7 Å². The number of hydrogen-bond donors (Lipinski definition) is 1. The van der Waals surface area contributed by atoms with E-state index in [-0.39, 0.29) is 22.9 Å². The van der Waals surface area contributed by atoms with Gasteiger partial charge < -0.3 is 14.7 Å². The summed E-state index contributed by atoms with van der Waals surface area (Å²) in [6, 6.07) is 12.8. The summed E-state index contributed by atoms with van der Waals surface area (Å²) in [4.78, 5) is 32.0. The van der Waals surface area contributed by atoms with Gasteiger partial charge in [0.1, 0.15) is 11.5 Å². The van der Waals surface area contributed by atoms with Crippen LogP contribution >= 0.6 is 23.2 Å². The first-order valence-electron chi connectivity index (χ1n) is 11.5. The summed E-state index contributed by atoms with van der Waals surface area (Å²) in [5, 5.41) is 12.0. The number of halogens is 2. The number of amides is 1. The highest BCUT2D eigenvalue weighted by Crippen LogP contribution is 2.42. The van der Waals surface area contributed by atoms with E-state index in [4.69, 9.17) is 27.9 Å². The zero-order valence-corrected chi connectivity index (χ0v) is 21.7. The number of hydrogen-bond acceptors (Lipinski definition) is 5. The molecule has 4 rings (SSSR count). The Labute approximate surface area is 220 Å². The van der Waals surface area contributed by atoms with Crippen molar-refractivity contribution in [3.8, 4) is 5.75 Å². The minimum atomic E-state index is -0.864. The van der Waals surface area contributed by atoms with Crippen molar-refractivity contribution in [1.82, 2.24) is 9.88 Å². The van der Waals surface area contributed by atoms with E-state index in [1.807, 2.05) is 13.0 Å². The molecule has 0 saturated carbocycles. The first kappa shape index (κ1) is 25.7. The van der Waals surface area contributed by atoms with Crippen molar-refractivity contribution in [2.24, 2.45) is 5.92 Å². The number of aryl methyl sites for hydroxylation is 1. The molecule has 186 valence electrons. The molecule has 1 aliphatic rings. The van der Waals surface area contributed by atoms with Crippen LogP contribution in [0.4, 0.5) is 0 Å². The van der Waals surface area contributed by atoms with Crippen LogP contribution in [0.3, 0.4) is 0 Å². The van der Waals surface area contributed by atoms with Crippen LogP contribution in [-0.2, 0) is 16.1 Å². The minimum absolute atomic E-state index is 0.0162. The van der Waals surface area contributed by atoms with E-state index in [2.05, 4.69) is 18.8 Å². The lowest BCUT2D eigenvalue weighted by Crippen LogP contribution is -2.29. The Kier molecular flexibility index (Phi) is 7.67. The van der Waals surface area contributed by atoms with Crippen LogP contribution in [0.25, 0.3) is 5.76 Å². The second kappa shape index (κ2) is 10.7. The SMILES string of the molecule is Cc1cc(/C(O)=C2/C(=O)C(=O)N(Cc3cccnc3)C2c2ccc(Cl)c(Cl)c2)ccc1OCC(C)C. The molecule has 1 aromatic heterocycles. The van der Waals surface area contributed by atoms with Crippen molar-refractivity contribution in [2.45, 2.75) is 33.4 Å². The number of aromatic nitrogens is 1. The fraction of sp³-hybridized carbons (Fsp3) is 0.250. The first-order chi connectivity index (χ1) is 17.2. The number of Topliss-reactive ketones (excluding diaryl/α,β-unsaturated/α-hetero) is 1. The van der Waals surface area contributed by atoms with Gasteiger partial charge >= 0.3 is 0 Å². The molecule has 0 bridgehead atoms. The summed E-state index contributed by atoms with van der Waals surface area (Å²) >= 11 is 12.4. The van der Waals surface area contributed by atoms with Gasteiger partial charge in [0.25, 0.3) is 11.7 Å². The summed E-state index contributed by atoms with van der Waals surface area (Å²) in [6.07, 6.45) is 3.26. The number of ketones is 1. The average Bonchev–Trinajstić information content (AvgIpc) is 3.10. The molecule has 1 atom stereocenters. The van der Waals surface area contributed by atoms with Crippen LogP contribution < -0.4 is 4.74 Å². The second-order valence-corrected chi connectivity index (χ2v) is 9.96. The Morgan fingerprint density at radius 2 is 1.89 bits per heavy atom. The number of rotatable bonds is 7. The van der Waals surface area contributed by atoms with Crippen LogP contribution in [0.1, 0.15) is 42.1 Å². The first-order valence-corrected chi connectivity index (χ1v) is 12.3. The molecule has 0 aliphatic carbocycles. The molecule has 0 spiro atoms. The number of aliphatic hydroxyl groups is 1. The molecule has 36 heavy (non-hydrogen) atoms. The quantitative estimate of drug-likeness (QED) is 0.221. The van der Waals surface area contributed by atoms with Crippen LogP contribution in [-0.4, -0.2) is 33.3 Å². The molecular formula is C28H26Cl2N2O4. The van der Waals surface area contributed by atoms with E-state index >= 15 is 0 Å². The normalized spacial score (nSPS) is 17.2. The standard InChI is InChI=1S/C28H26Cl2N2O4/c1-16(2)15-36-23-9-7-20(11-17(23)3)26(33)24-25(19-6-8-21(29)22(30)12-19)32(28(35)27(24)34)14-18-5-4-10-31-13-18/h4-13,16,25,33H,14-15H2,1-3H3/b26-24-. The highest BCUT2D eigenvalue weighted by molar-refractivity contribution is 6.46. The van der Waals surface area contributed by atoms with Gasteiger partial charge in [-0.3, -0.25) is 14.6 Å². The summed E-state index contributed by atoms with van der Waals surface area (Å²) < 4.78 is 5.83. The van der Waals surface area contributed by atoms with Crippen LogP contribution in [0, 0.1) is 12.8 Å². The van der Waals surface area contributed by atoms with Crippen LogP contribution in [0.15, 0.2) is 66.5 Å². The zero-order chi connectivity index (χ0) is 26.0. The zero-order valence-electron chi connectivity index (χ0n) is 20.2. The van der Waals surface area contributed by atoms with Gasteiger partial charge in [-0.2, -0.15) is 0 Å². The lowest BCUT2D eigenvalue weighted by molar-refractivity contribution is -0.140. The summed E-state index contributed by atoms with van der Waals surface area (Å²) in [5.41, 5.74) is 2.50. The number of aliphatic hydroxyl groups excluding tert-OH is 1. The van der Waals surface area contributed by atoms with Gasteiger partial charge in [-0.25, -0.2) is 0 Å². The Morgan fingerprint density at radius 3 is 2.53 bits per heavy atom. The maximum atomic E-state index is 13.3. The molecule has 1 aliphatic heterocycles. The molecule has 1 amide bonds. The molecule has 8 heteroatoms. The van der Waals surface area contributed by atoms with Crippen molar-refractivity contribution in [1.29, 1.82) is 0 Å². The maximum absolute atomic E-state index is 13.3. The highest BCUT2D eigenvalue weighted by atomic mass is 35.5. The molecule has 0 radical (unpaired) electrons. The fourth-order valence-electron chi connectivity index (χ4n) is 4.13. The van der Waals surface area contributed by atoms with Crippen molar-refractivity contribution >= 4 is 40.7 Å². The van der Waals surface area contributed by atoms with Gasteiger partial charge in [-0.05, 0) is 65.9 Å². The number of carbonyl (C=O) groups is 2. The Balaban J connectivity index is 1.81. The van der Waals surface area contributed by atoms with Crippen LogP contribution in [0.5, 0.6) is 5.75 Å². The van der Waals surface area contributed by atoms with Gasteiger partial charge in [-0.15, -0.1) is 0 Å². The third kappa shape index (κ3) is 5.25. The van der Waals surface area contributed by atoms with Gasteiger partial charge in [0, 0.05) is 24.5 Å². The summed E-state index contributed by atoms with van der Waals surface area (Å²) in [7, 11) is 0. The van der Waals surface area contributed by atoms with Crippen molar-refractivity contribution in [3.05, 3.63) is 98.8 Å². The third-order valence-electron chi connectivity index (χ3n) is 5.90. The van der Waals surface area contributed by atoms with E-state index in [0.717, 1.165) is 11.1 Å². The predicted molar refractivity (Wildman–Crippen MR) is 140 cm³/mol. The molecule has 1 saturated heterocycles. The number of pyridine rings is 1. The van der Waals surface area contributed by atoms with E-state index in [9.17, 15) is 14.7 Å². The molecule has 3 aromatic rings. The Hall–Kier alpha value is -3.35. The van der Waals surface area contributed by atoms with Crippen molar-refractivity contribution in [2.75, 3.05) is 6.61 Å². The Bertz CT molecular complexity index is 1340. The van der Waals surface area contributed by atoms with E-state index in [1.54, 1.807) is 54.9 Å². The Morgan fingerprint density at radius 1 is 1.11 bits per heavy atom. The fourth-order valence-corrected chi connectivity index (χ4v) is 4.44. The monoisotopic (exact) mass is 524 g/mol. The molecule has 1 fully saturated rings. The maximum Gasteiger partial charge on any atom is 0.295 e. The number of nitrogens with zero attached hydrogens (tertiary/aromatic N) is 2. The number of likely N-dealkylation sites (tertiary alicyclic amines) is 1. The van der Waals surface area contributed by atoms with Crippen molar-refractivity contribution in [3.63, 3.8) is 0 Å². The molecule has 6 nitrogen and oxygen atoms in total. The van der Waals surface area contributed by atoms with Gasteiger partial charge in [-0.1, -0.05) is 49.2 Å². The second-order valence-electron chi connectivity index (χ2n) is 9.15. The molecule has 2 heterocycles. The number of benzene rings is 2. The van der Waals surface area contributed by atoms with E-state index in [1.165, 1.54) is 4.90 Å². The highest BCUT2D eigenvalue weighted by Gasteiger charge is 2.46. The number of carbonyl (C=O) groups excluding carboxylic acids is 2. The largest absolute Gasteiger partial charge is 0.507 e. The molecule has 2 aromatic carbocycles. The van der Waals surface area contributed by atoms with Gasteiger partial charge in [0.15, 0.2) is 0 Å². The lowest BCUT2D eigenvalue weighted by atomic mass is 9.94. The third-order valence-corrected chi connectivity index (χ3v) is 6.63. The van der Waals surface area contributed by atoms with Crippen LogP contribution in [0.2, 0.25) is 10.0 Å². The molecular weight excluding hydrogens is 499 g/mol. The minimum Gasteiger partial charge on any atom is -0.507 e. The summed E-state index contributed by atoms with van der Waals surface area (Å²) in [5.74, 6) is -0.704. The summed E-state index contributed by atoms with van der Waals surface area (Å²) in [6.45, 7) is 6.67. The molecule has 1 unspecified atom stereocenters. The topological polar surface area (TPSA) is 79.7 Å². The van der Waals surface area contributed by atoms with Gasteiger partial charge in [0.2, 0.25) is 0 Å². The molecule has 1 N–H and O–H groups in total. The lowest BCUT2D eigenvalue weighted by Gasteiger charge is -2.25. The smallest absolute Gasteiger partial charge is 0.295 e. The van der Waals surface area contributed by atoms with Crippen molar-refractivity contribution < 1.29 is 19.4 Å². The average molecular weight is 525 g/mol. The predicted octanol–water partition coefficient (Wildman–Crippen LogP) is 6.35. The van der Waals surface area contributed by atoms with Gasteiger partial charge in [0.05, 0.1) is 28.3 Å². The number of ether oxygens (including phenoxy) is 1. The van der Waals surface area contributed by atoms with E-state index in [0.29, 0.717) is 34.4 Å².